The number of aromatic nitrogens is 1. The van der Waals surface area contributed by atoms with Crippen LogP contribution in [-0.4, -0.2) is 16.9 Å². The van der Waals surface area contributed by atoms with E-state index in [4.69, 9.17) is 0 Å². The number of aryl methyl sites for hydroxylation is 2. The molecule has 3 N–H and O–H groups in total. The van der Waals surface area contributed by atoms with Crippen molar-refractivity contribution in [1.29, 1.82) is 0 Å². The minimum Gasteiger partial charge on any atom is -0.347 e. The molecule has 6 nitrogen and oxygen atoms in total. The lowest BCUT2D eigenvalue weighted by molar-refractivity contribution is 0.0961. The summed E-state index contributed by atoms with van der Waals surface area (Å²) in [5, 5.41) is 8.54. The Morgan fingerprint density at radius 3 is 3.04 bits per heavy atom. The Hall–Kier alpha value is -2.89. The molecular formula is C18H18N4O2. The number of carbonyl (C=O) groups is 2. The molecule has 1 aromatic heterocycles. The maximum atomic E-state index is 12.3. The number of amides is 3. The van der Waals surface area contributed by atoms with Crippen LogP contribution in [0.2, 0.25) is 0 Å². The molecule has 24 heavy (non-hydrogen) atoms. The number of benzene rings is 1. The molecule has 122 valence electrons. The molecule has 3 amide bonds. The van der Waals surface area contributed by atoms with E-state index < -0.39 is 0 Å². The lowest BCUT2D eigenvalue weighted by Gasteiger charge is -2.15. The lowest BCUT2D eigenvalue weighted by Crippen LogP contribution is -2.31. The van der Waals surface area contributed by atoms with Gasteiger partial charge in [-0.1, -0.05) is 23.8 Å². The van der Waals surface area contributed by atoms with Crippen molar-refractivity contribution >= 4 is 17.6 Å². The Morgan fingerprint density at radius 2 is 2.17 bits per heavy atom. The van der Waals surface area contributed by atoms with Gasteiger partial charge in [-0.25, -0.2) is 9.78 Å². The SMILES string of the molecule is Cc1ccc2c(c1)C(NC(=O)Nc1cnc3c(c1)CNC3=O)CC2. The van der Waals surface area contributed by atoms with Crippen molar-refractivity contribution in [3.8, 4) is 0 Å². The number of urea groups is 1. The van der Waals surface area contributed by atoms with E-state index in [0.29, 0.717) is 17.9 Å². The molecule has 4 rings (SSSR count). The number of rotatable bonds is 2. The molecule has 1 aliphatic carbocycles. The molecular weight excluding hydrogens is 304 g/mol. The number of fused-ring (bicyclic) bond motifs is 2. The molecule has 2 heterocycles. The fourth-order valence-electron chi connectivity index (χ4n) is 3.37. The van der Waals surface area contributed by atoms with Crippen molar-refractivity contribution in [3.05, 3.63) is 58.4 Å². The summed E-state index contributed by atoms with van der Waals surface area (Å²) in [4.78, 5) is 27.9. The zero-order valence-electron chi connectivity index (χ0n) is 13.3. The van der Waals surface area contributed by atoms with E-state index in [1.54, 1.807) is 6.07 Å². The number of hydrogen-bond donors (Lipinski definition) is 3. The van der Waals surface area contributed by atoms with Crippen LogP contribution in [0.5, 0.6) is 0 Å². The molecule has 0 bridgehead atoms. The van der Waals surface area contributed by atoms with E-state index in [2.05, 4.69) is 46.1 Å². The van der Waals surface area contributed by atoms with Crippen LogP contribution in [0.4, 0.5) is 10.5 Å². The maximum Gasteiger partial charge on any atom is 0.319 e. The molecule has 1 atom stereocenters. The largest absolute Gasteiger partial charge is 0.347 e. The summed E-state index contributed by atoms with van der Waals surface area (Å²) >= 11 is 0. The summed E-state index contributed by atoms with van der Waals surface area (Å²) in [6.45, 7) is 2.51. The predicted molar refractivity (Wildman–Crippen MR) is 89.8 cm³/mol. The quantitative estimate of drug-likeness (QED) is 0.794. The first kappa shape index (κ1) is 14.7. The van der Waals surface area contributed by atoms with Gasteiger partial charge in [0.05, 0.1) is 17.9 Å². The molecule has 1 aromatic carbocycles. The Labute approximate surface area is 139 Å². The van der Waals surface area contributed by atoms with E-state index in [9.17, 15) is 9.59 Å². The summed E-state index contributed by atoms with van der Waals surface area (Å²) in [7, 11) is 0. The van der Waals surface area contributed by atoms with Crippen LogP contribution in [0.3, 0.4) is 0 Å². The predicted octanol–water partition coefficient (Wildman–Crippen LogP) is 2.44. The Morgan fingerprint density at radius 1 is 1.29 bits per heavy atom. The number of pyridine rings is 1. The van der Waals surface area contributed by atoms with Crippen LogP contribution in [0.15, 0.2) is 30.5 Å². The smallest absolute Gasteiger partial charge is 0.319 e. The van der Waals surface area contributed by atoms with Gasteiger partial charge in [0.1, 0.15) is 5.69 Å². The third kappa shape index (κ3) is 2.60. The van der Waals surface area contributed by atoms with Gasteiger partial charge < -0.3 is 16.0 Å². The molecule has 6 heteroatoms. The molecule has 1 aliphatic heterocycles. The van der Waals surface area contributed by atoms with Gasteiger partial charge in [0.2, 0.25) is 0 Å². The first-order valence-corrected chi connectivity index (χ1v) is 8.04. The molecule has 0 saturated heterocycles. The number of carbonyl (C=O) groups excluding carboxylic acids is 2. The fourth-order valence-corrected chi connectivity index (χ4v) is 3.37. The van der Waals surface area contributed by atoms with E-state index in [1.165, 1.54) is 22.9 Å². The third-order valence-corrected chi connectivity index (χ3v) is 4.56. The van der Waals surface area contributed by atoms with Gasteiger partial charge >= 0.3 is 6.03 Å². The molecule has 0 fully saturated rings. The van der Waals surface area contributed by atoms with Crippen LogP contribution in [0.1, 0.15) is 45.2 Å². The molecule has 0 saturated carbocycles. The highest BCUT2D eigenvalue weighted by Crippen LogP contribution is 2.31. The molecule has 0 radical (unpaired) electrons. The first-order chi connectivity index (χ1) is 11.6. The summed E-state index contributed by atoms with van der Waals surface area (Å²) in [6.07, 6.45) is 3.40. The van der Waals surface area contributed by atoms with E-state index >= 15 is 0 Å². The van der Waals surface area contributed by atoms with Gasteiger partial charge in [-0.05, 0) is 37.0 Å². The normalized spacial score (nSPS) is 17.9. The highest BCUT2D eigenvalue weighted by Gasteiger charge is 2.24. The van der Waals surface area contributed by atoms with Crippen LogP contribution in [0, 0.1) is 6.92 Å². The van der Waals surface area contributed by atoms with Crippen molar-refractivity contribution in [2.24, 2.45) is 0 Å². The van der Waals surface area contributed by atoms with Crippen LogP contribution in [0.25, 0.3) is 0 Å². The summed E-state index contributed by atoms with van der Waals surface area (Å²) < 4.78 is 0. The van der Waals surface area contributed by atoms with Gasteiger partial charge in [0.15, 0.2) is 0 Å². The molecule has 2 aromatic rings. The zero-order chi connectivity index (χ0) is 16.7. The second kappa shape index (κ2) is 5.63. The van der Waals surface area contributed by atoms with E-state index in [1.807, 2.05) is 0 Å². The molecule has 1 unspecified atom stereocenters. The standard InChI is InChI=1S/C18H18N4O2/c1-10-2-3-11-4-5-15(14(11)6-10)22-18(24)21-13-7-12-8-20-17(23)16(12)19-9-13/h2-3,6-7,9,15H,4-5,8H2,1H3,(H,20,23)(H2,21,22,24). The second-order valence-corrected chi connectivity index (χ2v) is 6.31. The fraction of sp³-hybridized carbons (Fsp3) is 0.278. The number of nitrogens with zero attached hydrogens (tertiary/aromatic N) is 1. The van der Waals surface area contributed by atoms with Gasteiger partial charge in [-0.2, -0.15) is 0 Å². The van der Waals surface area contributed by atoms with Crippen molar-refractivity contribution in [1.82, 2.24) is 15.6 Å². The number of anilines is 1. The Balaban J connectivity index is 1.45. The van der Waals surface area contributed by atoms with Gasteiger partial charge in [0, 0.05) is 12.1 Å². The number of hydrogen-bond acceptors (Lipinski definition) is 3. The average molecular weight is 322 g/mol. The second-order valence-electron chi connectivity index (χ2n) is 6.31. The molecule has 0 spiro atoms. The highest BCUT2D eigenvalue weighted by atomic mass is 16.2. The maximum absolute atomic E-state index is 12.3. The zero-order valence-corrected chi connectivity index (χ0v) is 13.3. The Kier molecular flexibility index (Phi) is 3.45. The summed E-state index contributed by atoms with van der Waals surface area (Å²) in [6, 6.07) is 7.94. The minimum absolute atomic E-state index is 0.0329. The summed E-state index contributed by atoms with van der Waals surface area (Å²) in [5.41, 5.74) is 5.52. The third-order valence-electron chi connectivity index (χ3n) is 4.56. The van der Waals surface area contributed by atoms with Crippen molar-refractivity contribution in [3.63, 3.8) is 0 Å². The monoisotopic (exact) mass is 322 g/mol. The van der Waals surface area contributed by atoms with Crippen LogP contribution >= 0.6 is 0 Å². The molecule has 2 aliphatic rings. The van der Waals surface area contributed by atoms with E-state index in [-0.39, 0.29) is 18.0 Å². The number of nitrogens with one attached hydrogen (secondary N) is 3. The average Bonchev–Trinajstić information content (AvgIpc) is 3.11. The Bertz CT molecular complexity index is 847. The van der Waals surface area contributed by atoms with Crippen molar-refractivity contribution < 1.29 is 9.59 Å². The van der Waals surface area contributed by atoms with Crippen LogP contribution in [-0.2, 0) is 13.0 Å². The minimum atomic E-state index is -0.256. The topological polar surface area (TPSA) is 83.1 Å². The van der Waals surface area contributed by atoms with Gasteiger partial charge in [-0.15, -0.1) is 0 Å². The highest BCUT2D eigenvalue weighted by molar-refractivity contribution is 5.97. The summed E-state index contributed by atoms with van der Waals surface area (Å²) in [5.74, 6) is -0.168. The first-order valence-electron chi connectivity index (χ1n) is 8.04. The lowest BCUT2D eigenvalue weighted by atomic mass is 10.1. The van der Waals surface area contributed by atoms with Crippen molar-refractivity contribution in [2.75, 3.05) is 5.32 Å². The van der Waals surface area contributed by atoms with Gasteiger partial charge in [0.25, 0.3) is 5.91 Å². The van der Waals surface area contributed by atoms with Gasteiger partial charge in [-0.3, -0.25) is 4.79 Å². The van der Waals surface area contributed by atoms with E-state index in [0.717, 1.165) is 18.4 Å². The van der Waals surface area contributed by atoms with Crippen molar-refractivity contribution in [2.45, 2.75) is 32.4 Å². The van der Waals surface area contributed by atoms with Crippen LogP contribution < -0.4 is 16.0 Å².